The molecule has 0 spiro atoms. The van der Waals surface area contributed by atoms with E-state index in [0.717, 1.165) is 4.42 Å². The number of carboxylic acids is 1. The van der Waals surface area contributed by atoms with Crippen molar-refractivity contribution in [1.82, 2.24) is 0 Å². The second kappa shape index (κ2) is 4.19. The van der Waals surface area contributed by atoms with Gasteiger partial charge in [-0.25, -0.2) is 4.79 Å². The third kappa shape index (κ3) is 2.19. The highest BCUT2D eigenvalue weighted by Crippen LogP contribution is 2.31. The van der Waals surface area contributed by atoms with Crippen LogP contribution in [-0.2, 0) is 4.79 Å². The number of benzene rings is 1. The Morgan fingerprint density at radius 3 is 2.43 bits per heavy atom. The fourth-order valence-corrected chi connectivity index (χ4v) is 1.28. The molecule has 0 fully saturated rings. The van der Waals surface area contributed by atoms with Crippen LogP contribution in [0.15, 0.2) is 30.3 Å². The van der Waals surface area contributed by atoms with Gasteiger partial charge in [-0.3, -0.25) is 4.42 Å². The van der Waals surface area contributed by atoms with Gasteiger partial charge in [-0.2, -0.15) is 0 Å². The molecule has 14 heavy (non-hydrogen) atoms. The summed E-state index contributed by atoms with van der Waals surface area (Å²) in [5, 5.41) is 8.90. The van der Waals surface area contributed by atoms with Crippen LogP contribution in [0.25, 0.3) is 0 Å². The summed E-state index contributed by atoms with van der Waals surface area (Å²) >= 11 is 8.94. The lowest BCUT2D eigenvalue weighted by Gasteiger charge is -2.28. The molecule has 0 aromatic heterocycles. The first-order chi connectivity index (χ1) is 6.46. The molecule has 1 aromatic carbocycles. The minimum atomic E-state index is -1.31. The molecule has 0 saturated heterocycles. The number of alkyl halides is 1. The van der Waals surface area contributed by atoms with Gasteiger partial charge in [-0.05, 0) is 35.0 Å². The van der Waals surface area contributed by atoms with Crippen molar-refractivity contribution in [3.63, 3.8) is 0 Å². The van der Waals surface area contributed by atoms with Crippen molar-refractivity contribution >= 4 is 39.4 Å². The number of rotatable bonds is 3. The minimum Gasteiger partial charge on any atom is -0.479 e. The van der Waals surface area contributed by atoms with Gasteiger partial charge in [0.1, 0.15) is 0 Å². The van der Waals surface area contributed by atoms with Gasteiger partial charge in [-0.1, -0.05) is 18.2 Å². The number of anilines is 1. The molecule has 1 N–H and O–H groups in total. The minimum absolute atomic E-state index is 0.621. The second-order valence-corrected chi connectivity index (χ2v) is 4.76. The molecule has 0 heterocycles. The molecule has 0 bridgehead atoms. The Hall–Kier alpha value is -0.740. The molecule has 1 aromatic rings. The Morgan fingerprint density at radius 1 is 1.50 bits per heavy atom. The summed E-state index contributed by atoms with van der Waals surface area (Å²) in [5.41, 5.74) is 0.621. The number of hydrogen-bond acceptors (Lipinski definition) is 2. The van der Waals surface area contributed by atoms with Crippen LogP contribution in [-0.4, -0.2) is 15.5 Å². The van der Waals surface area contributed by atoms with E-state index in [2.05, 4.69) is 15.9 Å². The van der Waals surface area contributed by atoms with Crippen molar-refractivity contribution in [2.24, 2.45) is 0 Å². The first-order valence-corrected chi connectivity index (χ1v) is 5.02. The lowest BCUT2D eigenvalue weighted by atomic mass is 10.2. The normalized spacial score (nSPS) is 14.5. The number of para-hydroxylation sites is 1. The molecular formula is C9H9BrClNO2. The maximum absolute atomic E-state index is 10.9. The van der Waals surface area contributed by atoms with Crippen molar-refractivity contribution in [3.05, 3.63) is 30.3 Å². The molecule has 0 aliphatic carbocycles. The quantitative estimate of drug-likeness (QED) is 0.525. The zero-order valence-corrected chi connectivity index (χ0v) is 9.79. The topological polar surface area (TPSA) is 40.5 Å². The van der Waals surface area contributed by atoms with Crippen molar-refractivity contribution in [3.8, 4) is 0 Å². The van der Waals surface area contributed by atoms with Gasteiger partial charge in [0.25, 0.3) is 0 Å². The molecule has 3 nitrogen and oxygen atoms in total. The summed E-state index contributed by atoms with van der Waals surface area (Å²) in [5.74, 6) is -1.05. The zero-order chi connectivity index (χ0) is 10.8. The maximum Gasteiger partial charge on any atom is 0.341 e. The molecule has 1 rings (SSSR count). The van der Waals surface area contributed by atoms with Crippen LogP contribution < -0.4 is 4.42 Å². The lowest BCUT2D eigenvalue weighted by Crippen LogP contribution is -2.42. The summed E-state index contributed by atoms with van der Waals surface area (Å²) in [7, 11) is 0. The van der Waals surface area contributed by atoms with Gasteiger partial charge in [-0.15, -0.1) is 0 Å². The second-order valence-electron chi connectivity index (χ2n) is 2.87. The molecule has 5 heteroatoms. The molecule has 0 amide bonds. The van der Waals surface area contributed by atoms with Crippen LogP contribution in [0.4, 0.5) is 5.69 Å². The van der Waals surface area contributed by atoms with Crippen LogP contribution in [0.3, 0.4) is 0 Å². The van der Waals surface area contributed by atoms with Crippen molar-refractivity contribution in [1.29, 1.82) is 0 Å². The molecule has 0 unspecified atom stereocenters. The average Bonchev–Trinajstić information content (AvgIpc) is 2.17. The average molecular weight is 279 g/mol. The summed E-state index contributed by atoms with van der Waals surface area (Å²) < 4.78 is -0.175. The number of nitrogens with zero attached hydrogens (tertiary/aromatic N) is 1. The van der Waals surface area contributed by atoms with Crippen LogP contribution in [0.1, 0.15) is 6.92 Å². The van der Waals surface area contributed by atoms with Crippen LogP contribution in [0.2, 0.25) is 0 Å². The van der Waals surface area contributed by atoms with Gasteiger partial charge in [0.2, 0.25) is 4.45 Å². The van der Waals surface area contributed by atoms with Crippen LogP contribution in [0, 0.1) is 0 Å². The number of halogens is 2. The summed E-state index contributed by atoms with van der Waals surface area (Å²) in [6.45, 7) is 1.47. The van der Waals surface area contributed by atoms with E-state index in [1.807, 2.05) is 6.07 Å². The van der Waals surface area contributed by atoms with Gasteiger partial charge < -0.3 is 5.11 Å². The largest absolute Gasteiger partial charge is 0.479 e. The van der Waals surface area contributed by atoms with Crippen molar-refractivity contribution < 1.29 is 9.90 Å². The highest BCUT2D eigenvalue weighted by Gasteiger charge is 2.36. The zero-order valence-electron chi connectivity index (χ0n) is 7.45. The van der Waals surface area contributed by atoms with Gasteiger partial charge in [0.15, 0.2) is 0 Å². The first kappa shape index (κ1) is 11.3. The summed E-state index contributed by atoms with van der Waals surface area (Å²) in [6, 6.07) is 8.87. The van der Waals surface area contributed by atoms with Gasteiger partial charge in [0.05, 0.1) is 5.69 Å². The smallest absolute Gasteiger partial charge is 0.341 e. The Labute approximate surface area is 95.5 Å². The van der Waals surface area contributed by atoms with E-state index >= 15 is 0 Å². The SMILES string of the molecule is C[C@@](Br)(C(=O)O)N(Cl)c1ccccc1. The lowest BCUT2D eigenvalue weighted by molar-refractivity contribution is -0.138. The summed E-state index contributed by atoms with van der Waals surface area (Å²) in [6.07, 6.45) is 0. The third-order valence-electron chi connectivity index (χ3n) is 1.74. The monoisotopic (exact) mass is 277 g/mol. The standard InChI is InChI=1S/C9H9BrClNO2/c1-9(10,8(13)14)12(11)7-5-3-2-4-6-7/h2-6H,1H3,(H,13,14)/t9-/m0/s1. The Kier molecular flexibility index (Phi) is 3.39. The van der Waals surface area contributed by atoms with Gasteiger partial charge >= 0.3 is 5.97 Å². The number of carbonyl (C=O) groups is 1. The number of carboxylic acid groups (broad SMARTS) is 1. The Morgan fingerprint density at radius 2 is 2.00 bits per heavy atom. The Bertz CT molecular complexity index is 329. The van der Waals surface area contributed by atoms with E-state index in [1.165, 1.54) is 6.92 Å². The fraction of sp³-hybridized carbons (Fsp3) is 0.222. The Balaban J connectivity index is 2.96. The molecule has 0 aliphatic rings. The highest BCUT2D eigenvalue weighted by molar-refractivity contribution is 9.10. The van der Waals surface area contributed by atoms with E-state index in [4.69, 9.17) is 16.9 Å². The maximum atomic E-state index is 10.9. The van der Waals surface area contributed by atoms with E-state index in [9.17, 15) is 4.79 Å². The predicted molar refractivity (Wildman–Crippen MR) is 59.7 cm³/mol. The van der Waals surface area contributed by atoms with E-state index < -0.39 is 10.4 Å². The molecule has 0 radical (unpaired) electrons. The van der Waals surface area contributed by atoms with E-state index in [-0.39, 0.29) is 0 Å². The molecule has 76 valence electrons. The van der Waals surface area contributed by atoms with Crippen molar-refractivity contribution in [2.45, 2.75) is 11.4 Å². The molecular weight excluding hydrogens is 269 g/mol. The number of aliphatic carboxylic acids is 1. The van der Waals surface area contributed by atoms with Crippen molar-refractivity contribution in [2.75, 3.05) is 4.42 Å². The van der Waals surface area contributed by atoms with E-state index in [1.54, 1.807) is 24.3 Å². The van der Waals surface area contributed by atoms with Gasteiger partial charge in [0, 0.05) is 11.8 Å². The highest BCUT2D eigenvalue weighted by atomic mass is 79.9. The van der Waals surface area contributed by atoms with E-state index in [0.29, 0.717) is 5.69 Å². The fourth-order valence-electron chi connectivity index (χ4n) is 0.885. The van der Waals surface area contributed by atoms with Crippen LogP contribution >= 0.6 is 27.7 Å². The predicted octanol–water partition coefficient (Wildman–Crippen LogP) is 2.84. The summed E-state index contributed by atoms with van der Waals surface area (Å²) in [4.78, 5) is 10.9. The molecule has 0 aliphatic heterocycles. The number of hydrogen-bond donors (Lipinski definition) is 1. The first-order valence-electron chi connectivity index (χ1n) is 3.89. The molecule has 1 atom stereocenters. The third-order valence-corrected chi connectivity index (χ3v) is 3.17. The van der Waals surface area contributed by atoms with Crippen LogP contribution in [0.5, 0.6) is 0 Å². The molecule has 0 saturated carbocycles.